The summed E-state index contributed by atoms with van der Waals surface area (Å²) in [6.45, 7) is -0.0491. The summed E-state index contributed by atoms with van der Waals surface area (Å²) in [5, 5.41) is 21.9. The minimum atomic E-state index is -4.73. The normalized spacial score (nSPS) is 11.7. The van der Waals surface area contributed by atoms with Gasteiger partial charge in [0.15, 0.2) is 5.69 Å². The SMILES string of the molecule is O=C(OCCOCCO)c1ccc(Oc2nccn3c(-c4conc4C(F)(F)F)cnc23)cc1O. The Morgan fingerprint density at radius 3 is 2.74 bits per heavy atom. The van der Waals surface area contributed by atoms with Crippen LogP contribution in [-0.2, 0) is 15.7 Å². The van der Waals surface area contributed by atoms with Gasteiger partial charge in [-0.15, -0.1) is 0 Å². The van der Waals surface area contributed by atoms with E-state index in [1.165, 1.54) is 35.1 Å². The molecule has 0 atom stereocenters. The maximum atomic E-state index is 13.2. The first-order valence-electron chi connectivity index (χ1n) is 10.00. The van der Waals surface area contributed by atoms with Crippen LogP contribution in [0.2, 0.25) is 0 Å². The zero-order valence-corrected chi connectivity index (χ0v) is 17.7. The number of carbonyl (C=O) groups is 1. The number of halogens is 3. The number of alkyl halides is 3. The van der Waals surface area contributed by atoms with Gasteiger partial charge in [-0.2, -0.15) is 13.2 Å². The quantitative estimate of drug-likeness (QED) is 0.263. The van der Waals surface area contributed by atoms with Gasteiger partial charge in [-0.3, -0.25) is 4.40 Å². The van der Waals surface area contributed by atoms with Gasteiger partial charge in [0.05, 0.1) is 37.3 Å². The van der Waals surface area contributed by atoms with Crippen molar-refractivity contribution in [2.75, 3.05) is 26.4 Å². The molecule has 14 heteroatoms. The summed E-state index contributed by atoms with van der Waals surface area (Å²) >= 11 is 0. The topological polar surface area (TPSA) is 141 Å². The van der Waals surface area contributed by atoms with Crippen molar-refractivity contribution in [3.05, 3.63) is 54.3 Å². The van der Waals surface area contributed by atoms with Gasteiger partial charge < -0.3 is 28.9 Å². The van der Waals surface area contributed by atoms with Crippen molar-refractivity contribution in [2.45, 2.75) is 6.18 Å². The molecule has 0 aliphatic rings. The first-order chi connectivity index (χ1) is 16.8. The number of imidazole rings is 1. The Kier molecular flexibility index (Phi) is 6.84. The van der Waals surface area contributed by atoms with Crippen molar-refractivity contribution in [1.29, 1.82) is 0 Å². The largest absolute Gasteiger partial charge is 0.507 e. The number of carbonyl (C=O) groups excluding carboxylic acids is 1. The molecule has 1 aromatic carbocycles. The van der Waals surface area contributed by atoms with Crippen molar-refractivity contribution in [3.8, 4) is 28.6 Å². The van der Waals surface area contributed by atoms with Crippen LogP contribution >= 0.6 is 0 Å². The highest BCUT2D eigenvalue weighted by molar-refractivity contribution is 5.92. The summed E-state index contributed by atoms with van der Waals surface area (Å²) in [6, 6.07) is 3.79. The molecule has 184 valence electrons. The van der Waals surface area contributed by atoms with E-state index in [1.54, 1.807) is 0 Å². The lowest BCUT2D eigenvalue weighted by atomic mass is 10.2. The van der Waals surface area contributed by atoms with Gasteiger partial charge >= 0.3 is 12.1 Å². The second-order valence-electron chi connectivity index (χ2n) is 6.90. The van der Waals surface area contributed by atoms with Gasteiger partial charge in [0.25, 0.3) is 5.88 Å². The fourth-order valence-electron chi connectivity index (χ4n) is 3.09. The molecule has 0 saturated heterocycles. The highest BCUT2D eigenvalue weighted by Gasteiger charge is 2.38. The van der Waals surface area contributed by atoms with Gasteiger partial charge in [-0.25, -0.2) is 14.8 Å². The average molecular weight is 494 g/mol. The Bertz CT molecular complexity index is 1340. The molecule has 0 aliphatic carbocycles. The molecule has 4 rings (SSSR count). The molecule has 0 aliphatic heterocycles. The summed E-state index contributed by atoms with van der Waals surface area (Å²) in [5.41, 5.74) is -1.51. The molecule has 35 heavy (non-hydrogen) atoms. The summed E-state index contributed by atoms with van der Waals surface area (Å²) in [6.07, 6.45) is -0.00264. The number of aromatic hydroxyl groups is 1. The van der Waals surface area contributed by atoms with E-state index < -0.39 is 23.6 Å². The first-order valence-corrected chi connectivity index (χ1v) is 10.00. The lowest BCUT2D eigenvalue weighted by Gasteiger charge is -2.10. The maximum absolute atomic E-state index is 13.2. The molecular weight excluding hydrogens is 477 g/mol. The van der Waals surface area contributed by atoms with E-state index in [4.69, 9.17) is 19.3 Å². The highest BCUT2D eigenvalue weighted by Crippen LogP contribution is 2.37. The lowest BCUT2D eigenvalue weighted by molar-refractivity contribution is -0.142. The Morgan fingerprint density at radius 1 is 1.17 bits per heavy atom. The van der Waals surface area contributed by atoms with E-state index in [1.807, 2.05) is 0 Å². The van der Waals surface area contributed by atoms with E-state index >= 15 is 0 Å². The molecule has 0 radical (unpaired) electrons. The summed E-state index contributed by atoms with van der Waals surface area (Å²) < 4.78 is 61.1. The number of phenolic OH excluding ortho intramolecular Hbond substituents is 1. The molecular formula is C21H17F3N4O7. The van der Waals surface area contributed by atoms with Crippen LogP contribution in [0.3, 0.4) is 0 Å². The Labute approximate surface area is 194 Å². The Morgan fingerprint density at radius 2 is 2.00 bits per heavy atom. The Balaban J connectivity index is 1.53. The lowest BCUT2D eigenvalue weighted by Crippen LogP contribution is -2.12. The number of nitrogens with zero attached hydrogens (tertiary/aromatic N) is 4. The number of aromatic nitrogens is 4. The van der Waals surface area contributed by atoms with Crippen molar-refractivity contribution < 1.29 is 46.9 Å². The van der Waals surface area contributed by atoms with E-state index in [9.17, 15) is 23.1 Å². The molecule has 0 spiro atoms. The number of aliphatic hydroxyl groups excluding tert-OH is 1. The number of aliphatic hydroxyl groups is 1. The molecule has 0 amide bonds. The molecule has 0 bridgehead atoms. The maximum Gasteiger partial charge on any atom is 0.437 e. The third-order valence-electron chi connectivity index (χ3n) is 4.61. The minimum Gasteiger partial charge on any atom is -0.507 e. The van der Waals surface area contributed by atoms with Crippen LogP contribution < -0.4 is 4.74 Å². The number of rotatable bonds is 9. The van der Waals surface area contributed by atoms with Gasteiger partial charge in [0.1, 0.15) is 29.9 Å². The minimum absolute atomic E-state index is 0.0460. The van der Waals surface area contributed by atoms with Crippen LogP contribution in [0.25, 0.3) is 16.9 Å². The number of hydrogen-bond donors (Lipinski definition) is 2. The number of phenols is 1. The predicted octanol–water partition coefficient (Wildman–Crippen LogP) is 3.07. The van der Waals surface area contributed by atoms with E-state index in [0.29, 0.717) is 0 Å². The van der Waals surface area contributed by atoms with E-state index in [0.717, 1.165) is 12.3 Å². The van der Waals surface area contributed by atoms with Crippen LogP contribution in [0.1, 0.15) is 16.1 Å². The van der Waals surface area contributed by atoms with Crippen molar-refractivity contribution in [2.24, 2.45) is 0 Å². The summed E-state index contributed by atoms with van der Waals surface area (Å²) in [5.74, 6) is -1.22. The molecule has 0 saturated carbocycles. The zero-order valence-electron chi connectivity index (χ0n) is 17.7. The molecule has 3 aromatic heterocycles. The number of benzene rings is 1. The number of fused-ring (bicyclic) bond motifs is 1. The number of hydrogen-bond acceptors (Lipinski definition) is 10. The van der Waals surface area contributed by atoms with Crippen molar-refractivity contribution >= 4 is 11.6 Å². The van der Waals surface area contributed by atoms with E-state index in [2.05, 4.69) is 19.6 Å². The molecule has 3 heterocycles. The predicted molar refractivity (Wildman–Crippen MR) is 110 cm³/mol. The van der Waals surface area contributed by atoms with Crippen LogP contribution in [0.15, 0.2) is 47.6 Å². The second-order valence-corrected chi connectivity index (χ2v) is 6.90. The van der Waals surface area contributed by atoms with Gasteiger partial charge in [0.2, 0.25) is 5.65 Å². The number of esters is 1. The fourth-order valence-corrected chi connectivity index (χ4v) is 3.09. The Hall–Kier alpha value is -4.17. The number of ether oxygens (including phenoxy) is 3. The molecule has 0 unspecified atom stereocenters. The fraction of sp³-hybridized carbons (Fsp3) is 0.238. The molecule has 2 N–H and O–H groups in total. The molecule has 0 fully saturated rings. The van der Waals surface area contributed by atoms with Crippen LogP contribution in [0.5, 0.6) is 17.4 Å². The molecule has 4 aromatic rings. The van der Waals surface area contributed by atoms with Crippen molar-refractivity contribution in [3.63, 3.8) is 0 Å². The van der Waals surface area contributed by atoms with Gasteiger partial charge in [-0.1, -0.05) is 5.16 Å². The van der Waals surface area contributed by atoms with Crippen molar-refractivity contribution in [1.82, 2.24) is 19.5 Å². The monoisotopic (exact) mass is 494 g/mol. The third-order valence-corrected chi connectivity index (χ3v) is 4.61. The first kappa shape index (κ1) is 24.0. The van der Waals surface area contributed by atoms with Crippen LogP contribution in [0, 0.1) is 0 Å². The third kappa shape index (κ3) is 5.17. The van der Waals surface area contributed by atoms with Crippen LogP contribution in [0.4, 0.5) is 13.2 Å². The summed E-state index contributed by atoms with van der Waals surface area (Å²) in [7, 11) is 0. The van der Waals surface area contributed by atoms with Gasteiger partial charge in [-0.05, 0) is 12.1 Å². The standard InChI is InChI=1S/C21H17F3N4O7/c22-21(23,24)17-14(11-34-27-17)15-10-26-18-19(25-3-4-28(15)18)35-12-1-2-13(16(30)9-12)20(31)33-8-7-32-6-5-29/h1-4,9-11,29-30H,5-8H2. The second kappa shape index (κ2) is 9.99. The summed E-state index contributed by atoms with van der Waals surface area (Å²) in [4.78, 5) is 20.2. The smallest absolute Gasteiger partial charge is 0.437 e. The average Bonchev–Trinajstić information content (AvgIpc) is 3.46. The molecule has 11 nitrogen and oxygen atoms in total. The highest BCUT2D eigenvalue weighted by atomic mass is 19.4. The van der Waals surface area contributed by atoms with Crippen LogP contribution in [-0.4, -0.2) is 62.1 Å². The van der Waals surface area contributed by atoms with E-state index in [-0.39, 0.29) is 60.5 Å². The zero-order chi connectivity index (χ0) is 25.0. The van der Waals surface area contributed by atoms with Gasteiger partial charge in [0, 0.05) is 18.5 Å².